The van der Waals surface area contributed by atoms with Gasteiger partial charge in [-0.25, -0.2) is 4.39 Å². The van der Waals surface area contributed by atoms with E-state index in [2.05, 4.69) is 10.6 Å². The van der Waals surface area contributed by atoms with Gasteiger partial charge in [-0.2, -0.15) is 5.26 Å². The number of benzene rings is 2. The molecule has 0 atom stereocenters. The number of hydrogen-bond acceptors (Lipinski definition) is 5. The van der Waals surface area contributed by atoms with Crippen LogP contribution in [0.2, 0.25) is 0 Å². The molecule has 0 saturated heterocycles. The number of nitrogens with one attached hydrogen (secondary N) is 2. The standard InChI is InChI=1S/C22H24FN3O3/c1-28-20-8-7-16(13-21(20)29-2)9-12-26-22(27)18(14-24)15-25-11-10-17-5-3-4-6-19(17)23/h3-8,13,15,25H,9-12H2,1-2H3,(H,26,27)/b18-15-. The average molecular weight is 397 g/mol. The maximum atomic E-state index is 13.6. The molecule has 0 radical (unpaired) electrons. The minimum absolute atomic E-state index is 0.0363. The number of rotatable bonds is 10. The second-order valence-electron chi connectivity index (χ2n) is 6.16. The van der Waals surface area contributed by atoms with Crippen LogP contribution in [-0.4, -0.2) is 33.2 Å². The van der Waals surface area contributed by atoms with Crippen LogP contribution in [-0.2, 0) is 17.6 Å². The molecular formula is C22H24FN3O3. The van der Waals surface area contributed by atoms with E-state index in [1.54, 1.807) is 38.5 Å². The number of ether oxygens (including phenoxy) is 2. The van der Waals surface area contributed by atoms with Crippen molar-refractivity contribution < 1.29 is 18.7 Å². The SMILES string of the molecule is COc1ccc(CCNC(=O)/C(C#N)=C\NCCc2ccccc2F)cc1OC. The van der Waals surface area contributed by atoms with Gasteiger partial charge >= 0.3 is 0 Å². The molecule has 0 saturated carbocycles. The monoisotopic (exact) mass is 397 g/mol. The fourth-order valence-corrected chi connectivity index (χ4v) is 2.68. The van der Waals surface area contributed by atoms with Gasteiger partial charge in [0, 0.05) is 19.3 Å². The summed E-state index contributed by atoms with van der Waals surface area (Å²) in [6, 6.07) is 13.9. The van der Waals surface area contributed by atoms with Crippen LogP contribution < -0.4 is 20.1 Å². The first-order valence-electron chi connectivity index (χ1n) is 9.15. The first-order chi connectivity index (χ1) is 14.1. The zero-order chi connectivity index (χ0) is 21.1. The van der Waals surface area contributed by atoms with Crippen molar-refractivity contribution >= 4 is 5.91 Å². The molecule has 29 heavy (non-hydrogen) atoms. The maximum Gasteiger partial charge on any atom is 0.263 e. The first-order valence-corrected chi connectivity index (χ1v) is 9.15. The molecule has 6 nitrogen and oxygen atoms in total. The van der Waals surface area contributed by atoms with Crippen molar-refractivity contribution in [3.8, 4) is 17.6 Å². The van der Waals surface area contributed by atoms with Crippen LogP contribution in [0.15, 0.2) is 54.2 Å². The van der Waals surface area contributed by atoms with Gasteiger partial charge < -0.3 is 20.1 Å². The first kappa shape index (κ1) is 21.8. The van der Waals surface area contributed by atoms with Crippen LogP contribution in [0.5, 0.6) is 11.5 Å². The third-order valence-corrected chi connectivity index (χ3v) is 4.26. The molecular weight excluding hydrogens is 373 g/mol. The summed E-state index contributed by atoms with van der Waals surface area (Å²) in [5.41, 5.74) is 1.51. The molecule has 7 heteroatoms. The Hall–Kier alpha value is -3.53. The lowest BCUT2D eigenvalue weighted by Crippen LogP contribution is -2.28. The Morgan fingerprint density at radius 1 is 1.10 bits per heavy atom. The second kappa shape index (κ2) is 11.3. The average Bonchev–Trinajstić information content (AvgIpc) is 2.74. The number of carbonyl (C=O) groups excluding carboxylic acids is 1. The smallest absolute Gasteiger partial charge is 0.263 e. The zero-order valence-corrected chi connectivity index (χ0v) is 16.5. The van der Waals surface area contributed by atoms with Crippen LogP contribution in [0.4, 0.5) is 4.39 Å². The topological polar surface area (TPSA) is 83.4 Å². The predicted octanol–water partition coefficient (Wildman–Crippen LogP) is 2.74. The number of halogens is 1. The third kappa shape index (κ3) is 6.54. The van der Waals surface area contributed by atoms with Crippen LogP contribution in [0, 0.1) is 17.1 Å². The van der Waals surface area contributed by atoms with E-state index in [9.17, 15) is 14.4 Å². The van der Waals surface area contributed by atoms with Crippen molar-refractivity contribution in [3.63, 3.8) is 0 Å². The summed E-state index contributed by atoms with van der Waals surface area (Å²) in [6.07, 6.45) is 2.38. The largest absolute Gasteiger partial charge is 0.493 e. The Labute approximate surface area is 169 Å². The molecule has 2 aromatic carbocycles. The molecule has 0 aliphatic heterocycles. The number of methoxy groups -OCH3 is 2. The summed E-state index contributed by atoms with van der Waals surface area (Å²) in [6.45, 7) is 0.771. The zero-order valence-electron chi connectivity index (χ0n) is 16.5. The number of nitrogens with zero attached hydrogens (tertiary/aromatic N) is 1. The highest BCUT2D eigenvalue weighted by molar-refractivity contribution is 5.97. The van der Waals surface area contributed by atoms with Crippen LogP contribution in [0.1, 0.15) is 11.1 Å². The summed E-state index contributed by atoms with van der Waals surface area (Å²) in [4.78, 5) is 12.2. The van der Waals surface area contributed by atoms with Crippen molar-refractivity contribution in [1.82, 2.24) is 10.6 Å². The Morgan fingerprint density at radius 3 is 2.55 bits per heavy atom. The van der Waals surface area contributed by atoms with Gasteiger partial charge in [0.1, 0.15) is 17.5 Å². The van der Waals surface area contributed by atoms with E-state index in [4.69, 9.17) is 9.47 Å². The fourth-order valence-electron chi connectivity index (χ4n) is 2.68. The minimum Gasteiger partial charge on any atom is -0.493 e. The molecule has 152 valence electrons. The van der Waals surface area contributed by atoms with Gasteiger partial charge in [0.25, 0.3) is 5.91 Å². The number of nitriles is 1. The van der Waals surface area contributed by atoms with Gasteiger partial charge in [0.15, 0.2) is 11.5 Å². The second-order valence-corrected chi connectivity index (χ2v) is 6.16. The van der Waals surface area contributed by atoms with Gasteiger partial charge in [-0.05, 0) is 42.2 Å². The summed E-state index contributed by atoms with van der Waals surface area (Å²) >= 11 is 0. The van der Waals surface area contributed by atoms with E-state index in [0.717, 1.165) is 5.56 Å². The molecule has 2 N–H and O–H groups in total. The van der Waals surface area contributed by atoms with Crippen molar-refractivity contribution in [3.05, 3.63) is 71.2 Å². The Kier molecular flexibility index (Phi) is 8.51. The van der Waals surface area contributed by atoms with E-state index in [0.29, 0.717) is 43.0 Å². The van der Waals surface area contributed by atoms with Gasteiger partial charge in [0.05, 0.1) is 14.2 Å². The van der Waals surface area contributed by atoms with Crippen LogP contribution in [0.3, 0.4) is 0 Å². The maximum absolute atomic E-state index is 13.6. The Balaban J connectivity index is 1.81. The van der Waals surface area contributed by atoms with Crippen molar-refractivity contribution in [2.24, 2.45) is 0 Å². The molecule has 2 rings (SSSR count). The van der Waals surface area contributed by atoms with Gasteiger partial charge in [-0.15, -0.1) is 0 Å². The molecule has 0 spiro atoms. The Morgan fingerprint density at radius 2 is 1.86 bits per heavy atom. The van der Waals surface area contributed by atoms with E-state index >= 15 is 0 Å². The van der Waals surface area contributed by atoms with Gasteiger partial charge in [-0.1, -0.05) is 24.3 Å². The normalized spacial score (nSPS) is 10.8. The van der Waals surface area contributed by atoms with Gasteiger partial charge in [0.2, 0.25) is 0 Å². The highest BCUT2D eigenvalue weighted by atomic mass is 19.1. The van der Waals surface area contributed by atoms with Crippen LogP contribution >= 0.6 is 0 Å². The fraction of sp³-hybridized carbons (Fsp3) is 0.273. The molecule has 0 bridgehead atoms. The number of amides is 1. The molecule has 0 unspecified atom stereocenters. The number of carbonyl (C=O) groups is 1. The lowest BCUT2D eigenvalue weighted by molar-refractivity contribution is -0.117. The number of hydrogen-bond donors (Lipinski definition) is 2. The third-order valence-electron chi connectivity index (χ3n) is 4.26. The lowest BCUT2D eigenvalue weighted by atomic mass is 10.1. The van der Waals surface area contributed by atoms with E-state index < -0.39 is 5.91 Å². The molecule has 1 amide bonds. The van der Waals surface area contributed by atoms with E-state index in [1.165, 1.54) is 12.3 Å². The highest BCUT2D eigenvalue weighted by Crippen LogP contribution is 2.27. The summed E-state index contributed by atoms with van der Waals surface area (Å²) in [5.74, 6) is 0.516. The van der Waals surface area contributed by atoms with E-state index in [-0.39, 0.29) is 11.4 Å². The predicted molar refractivity (Wildman–Crippen MR) is 108 cm³/mol. The Bertz CT molecular complexity index is 906. The van der Waals surface area contributed by atoms with Crippen molar-refractivity contribution in [1.29, 1.82) is 5.26 Å². The molecule has 0 aliphatic rings. The summed E-state index contributed by atoms with van der Waals surface area (Å²) < 4.78 is 24.0. The highest BCUT2D eigenvalue weighted by Gasteiger charge is 2.09. The van der Waals surface area contributed by atoms with Gasteiger partial charge in [-0.3, -0.25) is 4.79 Å². The molecule has 0 aromatic heterocycles. The molecule has 0 fully saturated rings. The quantitative estimate of drug-likeness (QED) is 0.366. The minimum atomic E-state index is -0.466. The van der Waals surface area contributed by atoms with E-state index in [1.807, 2.05) is 18.2 Å². The molecule has 0 heterocycles. The molecule has 0 aliphatic carbocycles. The van der Waals surface area contributed by atoms with Crippen LogP contribution in [0.25, 0.3) is 0 Å². The molecule has 2 aromatic rings. The lowest BCUT2D eigenvalue weighted by Gasteiger charge is -2.10. The summed E-state index contributed by atoms with van der Waals surface area (Å²) in [5, 5.41) is 14.8. The summed E-state index contributed by atoms with van der Waals surface area (Å²) in [7, 11) is 3.13. The van der Waals surface area contributed by atoms with Crippen molar-refractivity contribution in [2.75, 3.05) is 27.3 Å². The van der Waals surface area contributed by atoms with Crippen molar-refractivity contribution in [2.45, 2.75) is 12.8 Å².